The van der Waals surface area contributed by atoms with E-state index >= 15 is 0 Å². The molecule has 5 heteroatoms. The van der Waals surface area contributed by atoms with Gasteiger partial charge in [-0.05, 0) is 30.2 Å². The zero-order valence-electron chi connectivity index (χ0n) is 11.0. The number of benzene rings is 1. The van der Waals surface area contributed by atoms with E-state index in [0.717, 1.165) is 33.8 Å². The fourth-order valence-electron chi connectivity index (χ4n) is 1.54. The fourth-order valence-corrected chi connectivity index (χ4v) is 2.37. The molecular weight excluding hydrogens is 272 g/mol. The van der Waals surface area contributed by atoms with E-state index in [2.05, 4.69) is 9.97 Å². The highest BCUT2D eigenvalue weighted by Gasteiger charge is 1.99. The third-order valence-corrected chi connectivity index (χ3v) is 3.47. The molecule has 0 aliphatic carbocycles. The largest absolute Gasteiger partial charge is 0.478 e. The number of carbonyl (C=O) groups is 1. The Morgan fingerprint density at radius 3 is 2.70 bits per heavy atom. The second-order valence-electron chi connectivity index (χ2n) is 4.18. The van der Waals surface area contributed by atoms with Crippen LogP contribution in [0.25, 0.3) is 6.08 Å². The van der Waals surface area contributed by atoms with Gasteiger partial charge in [-0.2, -0.15) is 0 Å². The van der Waals surface area contributed by atoms with Crippen LogP contribution in [0.1, 0.15) is 16.8 Å². The van der Waals surface area contributed by atoms with Crippen LogP contribution in [0.2, 0.25) is 0 Å². The van der Waals surface area contributed by atoms with Gasteiger partial charge in [0.2, 0.25) is 0 Å². The van der Waals surface area contributed by atoms with E-state index in [1.54, 1.807) is 24.0 Å². The molecule has 1 N–H and O–H groups in total. The number of aromatic nitrogens is 2. The van der Waals surface area contributed by atoms with E-state index in [4.69, 9.17) is 5.11 Å². The lowest BCUT2D eigenvalue weighted by Crippen LogP contribution is -1.89. The van der Waals surface area contributed by atoms with Gasteiger partial charge in [0.25, 0.3) is 0 Å². The fraction of sp³-hybridized carbons (Fsp3) is 0.133. The molecule has 102 valence electrons. The van der Waals surface area contributed by atoms with E-state index in [0.29, 0.717) is 0 Å². The Morgan fingerprint density at radius 2 is 2.05 bits per heavy atom. The Bertz CT molecular complexity index is 624. The minimum absolute atomic E-state index is 0.764. The zero-order valence-corrected chi connectivity index (χ0v) is 11.8. The van der Waals surface area contributed by atoms with Gasteiger partial charge in [0, 0.05) is 23.7 Å². The third-order valence-electron chi connectivity index (χ3n) is 2.54. The summed E-state index contributed by atoms with van der Waals surface area (Å²) in [4.78, 5) is 18.9. The van der Waals surface area contributed by atoms with Gasteiger partial charge in [-0.25, -0.2) is 14.8 Å². The first-order chi connectivity index (χ1) is 9.63. The van der Waals surface area contributed by atoms with Crippen molar-refractivity contribution in [1.82, 2.24) is 9.97 Å². The van der Waals surface area contributed by atoms with E-state index in [9.17, 15) is 4.79 Å². The minimum Gasteiger partial charge on any atom is -0.478 e. The Morgan fingerprint density at radius 1 is 1.30 bits per heavy atom. The van der Waals surface area contributed by atoms with Gasteiger partial charge < -0.3 is 5.11 Å². The SMILES string of the molecule is Cc1ccnc(SCc2ccc(C=CC(=O)O)cc2)n1. The van der Waals surface area contributed by atoms with Crippen molar-refractivity contribution < 1.29 is 9.90 Å². The van der Waals surface area contributed by atoms with Crippen molar-refractivity contribution in [3.05, 3.63) is 59.4 Å². The molecule has 20 heavy (non-hydrogen) atoms. The summed E-state index contributed by atoms with van der Waals surface area (Å²) in [5.41, 5.74) is 2.97. The molecule has 2 aromatic rings. The van der Waals surface area contributed by atoms with Crippen LogP contribution in [0.15, 0.2) is 47.8 Å². The number of thioether (sulfide) groups is 1. The highest BCUT2D eigenvalue weighted by atomic mass is 32.2. The van der Waals surface area contributed by atoms with E-state index < -0.39 is 5.97 Å². The molecule has 4 nitrogen and oxygen atoms in total. The standard InChI is InChI=1S/C15H14N2O2S/c1-11-8-9-16-15(17-11)20-10-13-4-2-12(3-5-13)6-7-14(18)19/h2-9H,10H2,1H3,(H,18,19). The monoisotopic (exact) mass is 286 g/mol. The third kappa shape index (κ3) is 4.51. The maximum absolute atomic E-state index is 10.4. The molecule has 0 amide bonds. The minimum atomic E-state index is -0.943. The molecule has 0 saturated carbocycles. The van der Waals surface area contributed by atoms with Crippen molar-refractivity contribution in [2.24, 2.45) is 0 Å². The van der Waals surface area contributed by atoms with E-state index in [1.807, 2.05) is 37.3 Å². The van der Waals surface area contributed by atoms with Crippen molar-refractivity contribution in [2.75, 3.05) is 0 Å². The predicted octanol–water partition coefficient (Wildman–Crippen LogP) is 3.18. The number of rotatable bonds is 5. The summed E-state index contributed by atoms with van der Waals surface area (Å²) in [6.07, 6.45) is 4.46. The van der Waals surface area contributed by atoms with Crippen LogP contribution in [0.3, 0.4) is 0 Å². The van der Waals surface area contributed by atoms with Gasteiger partial charge in [0.15, 0.2) is 5.16 Å². The quantitative estimate of drug-likeness (QED) is 0.519. The molecule has 0 atom stereocenters. The normalized spacial score (nSPS) is 10.8. The lowest BCUT2D eigenvalue weighted by Gasteiger charge is -2.02. The van der Waals surface area contributed by atoms with Crippen molar-refractivity contribution in [1.29, 1.82) is 0 Å². The number of hydrogen-bond acceptors (Lipinski definition) is 4. The average Bonchev–Trinajstić information content (AvgIpc) is 2.44. The van der Waals surface area contributed by atoms with Crippen molar-refractivity contribution in [3.8, 4) is 0 Å². The molecular formula is C15H14N2O2S. The average molecular weight is 286 g/mol. The highest BCUT2D eigenvalue weighted by molar-refractivity contribution is 7.98. The Balaban J connectivity index is 1.95. The summed E-state index contributed by atoms with van der Waals surface area (Å²) in [7, 11) is 0. The van der Waals surface area contributed by atoms with Crippen LogP contribution in [-0.2, 0) is 10.5 Å². The summed E-state index contributed by atoms with van der Waals surface area (Å²) in [6.45, 7) is 1.94. The summed E-state index contributed by atoms with van der Waals surface area (Å²) >= 11 is 1.58. The van der Waals surface area contributed by atoms with E-state index in [-0.39, 0.29) is 0 Å². The summed E-state index contributed by atoms with van der Waals surface area (Å²) < 4.78 is 0. The predicted molar refractivity (Wildman–Crippen MR) is 79.4 cm³/mol. The summed E-state index contributed by atoms with van der Waals surface area (Å²) in [5, 5.41) is 9.32. The molecule has 0 saturated heterocycles. The Labute approximate surface area is 121 Å². The lowest BCUT2D eigenvalue weighted by molar-refractivity contribution is -0.131. The number of carboxylic acids is 1. The smallest absolute Gasteiger partial charge is 0.328 e. The van der Waals surface area contributed by atoms with Gasteiger partial charge >= 0.3 is 5.97 Å². The van der Waals surface area contributed by atoms with Crippen molar-refractivity contribution >= 4 is 23.8 Å². The van der Waals surface area contributed by atoms with Gasteiger partial charge in [-0.1, -0.05) is 36.0 Å². The first-order valence-corrected chi connectivity index (χ1v) is 7.04. The molecule has 0 bridgehead atoms. The van der Waals surface area contributed by atoms with Crippen LogP contribution in [-0.4, -0.2) is 21.0 Å². The molecule has 1 aromatic heterocycles. The van der Waals surface area contributed by atoms with Crippen LogP contribution in [0.5, 0.6) is 0 Å². The topological polar surface area (TPSA) is 63.1 Å². The van der Waals surface area contributed by atoms with Crippen molar-refractivity contribution in [3.63, 3.8) is 0 Å². The number of aryl methyl sites for hydroxylation is 1. The maximum atomic E-state index is 10.4. The number of nitrogens with zero attached hydrogens (tertiary/aromatic N) is 2. The van der Waals surface area contributed by atoms with Crippen LogP contribution in [0, 0.1) is 6.92 Å². The van der Waals surface area contributed by atoms with Crippen LogP contribution in [0.4, 0.5) is 0 Å². The molecule has 0 spiro atoms. The lowest BCUT2D eigenvalue weighted by atomic mass is 10.1. The van der Waals surface area contributed by atoms with Crippen LogP contribution >= 0.6 is 11.8 Å². The highest BCUT2D eigenvalue weighted by Crippen LogP contribution is 2.19. The van der Waals surface area contributed by atoms with Gasteiger partial charge in [0.1, 0.15) is 0 Å². The molecule has 0 aliphatic heterocycles. The molecule has 1 aromatic carbocycles. The second kappa shape index (κ2) is 6.86. The molecule has 0 radical (unpaired) electrons. The maximum Gasteiger partial charge on any atom is 0.328 e. The molecule has 1 heterocycles. The van der Waals surface area contributed by atoms with E-state index in [1.165, 1.54) is 0 Å². The van der Waals surface area contributed by atoms with Crippen molar-refractivity contribution in [2.45, 2.75) is 17.8 Å². The van der Waals surface area contributed by atoms with Gasteiger partial charge in [0.05, 0.1) is 0 Å². The number of hydrogen-bond donors (Lipinski definition) is 1. The second-order valence-corrected chi connectivity index (χ2v) is 5.12. The number of carboxylic acid groups (broad SMARTS) is 1. The van der Waals surface area contributed by atoms with Crippen LogP contribution < -0.4 is 0 Å². The number of aliphatic carboxylic acids is 1. The molecule has 2 rings (SSSR count). The Kier molecular flexibility index (Phi) is 4.90. The van der Waals surface area contributed by atoms with Gasteiger partial charge in [-0.15, -0.1) is 0 Å². The molecule has 0 fully saturated rings. The molecule has 0 aliphatic rings. The van der Waals surface area contributed by atoms with Gasteiger partial charge in [-0.3, -0.25) is 0 Å². The summed E-state index contributed by atoms with van der Waals surface area (Å²) in [6, 6.07) is 9.61. The Hall–Kier alpha value is -2.14. The summed E-state index contributed by atoms with van der Waals surface area (Å²) in [5.74, 6) is -0.159. The first-order valence-electron chi connectivity index (χ1n) is 6.06. The zero-order chi connectivity index (χ0) is 14.4. The molecule has 0 unspecified atom stereocenters. The first kappa shape index (κ1) is 14.3.